The Bertz CT molecular complexity index is 92.4. The normalized spacial score (nSPS) is 8.12. The van der Waals surface area contributed by atoms with Crippen LogP contribution in [0.25, 0.3) is 0 Å². The number of amides is 1. The van der Waals surface area contributed by atoms with Crippen LogP contribution in [0, 0.1) is 0 Å². The van der Waals surface area contributed by atoms with Crippen molar-refractivity contribution in [3.8, 4) is 0 Å². The number of nitrogens with two attached hydrogens (primary N) is 1. The molecule has 0 rings (SSSR count). The van der Waals surface area contributed by atoms with Crippen molar-refractivity contribution in [1.82, 2.24) is 0 Å². The monoisotopic (exact) mass is 112 g/mol. The average Bonchev–Trinajstić information content (AvgIpc) is 1.68. The maximum atomic E-state index is 10.5. The molecule has 0 atom stereocenters. The molecule has 44 valence electrons. The van der Waals surface area contributed by atoms with E-state index in [2.05, 4.69) is 6.47 Å². The second kappa shape index (κ2) is 4.72. The van der Waals surface area contributed by atoms with Gasteiger partial charge in [-0.3, -0.25) is 0 Å². The van der Waals surface area contributed by atoms with Crippen LogP contribution in [0.5, 0.6) is 0 Å². The van der Waals surface area contributed by atoms with Crippen molar-refractivity contribution >= 4 is 19.3 Å². The summed E-state index contributed by atoms with van der Waals surface area (Å²) in [6.45, 7) is 7.83. The zero-order valence-corrected chi connectivity index (χ0v) is 5.18. The summed E-state index contributed by atoms with van der Waals surface area (Å²) in [5.41, 5.74) is 0. The summed E-state index contributed by atoms with van der Waals surface area (Å²) in [7, 11) is 0. The fraction of sp³-hybridized carbons (Fsp3) is 0.600. The summed E-state index contributed by atoms with van der Waals surface area (Å²) < 4.78 is 0. The van der Waals surface area contributed by atoms with Gasteiger partial charge >= 0.3 is 49.2 Å². The Labute approximate surface area is 50.2 Å². The zero-order valence-electron chi connectivity index (χ0n) is 5.18. The van der Waals surface area contributed by atoms with Crippen molar-refractivity contribution in [3.63, 3.8) is 0 Å². The molecule has 0 heterocycles. The van der Waals surface area contributed by atoms with Crippen molar-refractivity contribution in [2.24, 2.45) is 0 Å². The Kier molecular flexibility index (Phi) is 4.46. The van der Waals surface area contributed by atoms with E-state index >= 15 is 0 Å². The molecule has 0 aliphatic carbocycles. The van der Waals surface area contributed by atoms with E-state index < -0.39 is 0 Å². The molecule has 3 heteroatoms. The van der Waals surface area contributed by atoms with E-state index in [0.717, 1.165) is 6.54 Å². The van der Waals surface area contributed by atoms with Crippen molar-refractivity contribution in [2.45, 2.75) is 13.2 Å². The van der Waals surface area contributed by atoms with E-state index in [-0.39, 0.29) is 5.91 Å². The van der Waals surface area contributed by atoms with Crippen LogP contribution in [0.4, 0.5) is 0 Å². The number of primary amides is 1. The molecule has 0 fully saturated rings. The Morgan fingerprint density at radius 1 is 1.88 bits per heavy atom. The van der Waals surface area contributed by atoms with E-state index in [1.807, 2.05) is 6.92 Å². The van der Waals surface area contributed by atoms with Crippen LogP contribution in [-0.2, 0) is 4.79 Å². The topological polar surface area (TPSA) is 33.7 Å². The average molecular weight is 112 g/mol. The Balaban J connectivity index is 3.18. The van der Waals surface area contributed by atoms with Crippen molar-refractivity contribution in [1.29, 1.82) is 0 Å². The van der Waals surface area contributed by atoms with Gasteiger partial charge in [-0.25, -0.2) is 0 Å². The Hall–Kier alpha value is -0.435. The molecule has 0 unspecified atom stereocenters. The molecule has 0 aliphatic heterocycles. The minimum atomic E-state index is 0.169. The molecular weight excluding hydrogens is 101 g/mol. The van der Waals surface area contributed by atoms with Crippen LogP contribution < -0.4 is 5.32 Å². The van der Waals surface area contributed by atoms with Gasteiger partial charge in [0.25, 0.3) is 0 Å². The second-order valence-corrected chi connectivity index (χ2v) is 1.57. The molecule has 2 nitrogen and oxygen atoms in total. The summed E-state index contributed by atoms with van der Waals surface area (Å²) in [6.07, 6.45) is 0.480. The molecule has 1 amide bonds. The van der Waals surface area contributed by atoms with Gasteiger partial charge in [0.05, 0.1) is 0 Å². The van der Waals surface area contributed by atoms with E-state index in [4.69, 9.17) is 0 Å². The van der Waals surface area contributed by atoms with Crippen molar-refractivity contribution in [2.75, 3.05) is 6.54 Å². The van der Waals surface area contributed by atoms with Gasteiger partial charge in [-0.05, 0) is 0 Å². The van der Waals surface area contributed by atoms with Crippen LogP contribution >= 0.6 is 0 Å². The molecule has 2 N–H and O–H groups in total. The third-order valence-electron chi connectivity index (χ3n) is 0.777. The van der Waals surface area contributed by atoms with Gasteiger partial charge < -0.3 is 0 Å². The van der Waals surface area contributed by atoms with E-state index in [0.29, 0.717) is 6.32 Å². The Morgan fingerprint density at radius 3 is 2.88 bits per heavy atom. The first kappa shape index (κ1) is 7.56. The summed E-state index contributed by atoms with van der Waals surface area (Å²) in [5.74, 6) is 0.169. The summed E-state index contributed by atoms with van der Waals surface area (Å²) in [6, 6.07) is 0. The number of hydrogen-bond acceptors (Lipinski definition) is 1. The van der Waals surface area contributed by atoms with E-state index in [1.54, 1.807) is 12.2 Å². The molecule has 0 saturated carbocycles. The van der Waals surface area contributed by atoms with E-state index in [9.17, 15) is 4.79 Å². The number of quaternary nitrogens is 1. The maximum absolute atomic E-state index is 10.5. The minimum absolute atomic E-state index is 0.169. The van der Waals surface area contributed by atoms with Gasteiger partial charge in [0, 0.05) is 0 Å². The number of rotatable bonds is 3. The fourth-order valence-corrected chi connectivity index (χ4v) is 0.453. The first-order valence-corrected chi connectivity index (χ1v) is 2.78. The molecule has 0 spiro atoms. The van der Waals surface area contributed by atoms with Gasteiger partial charge in [0.1, 0.15) is 0 Å². The number of carbonyl (C=O) groups excluding carboxylic acids is 1. The SMILES string of the molecule is C=BCC(=O)[NH2+]CC. The summed E-state index contributed by atoms with van der Waals surface area (Å²) in [5, 5.41) is 1.67. The molecule has 0 aromatic carbocycles. The second-order valence-electron chi connectivity index (χ2n) is 1.57. The first-order chi connectivity index (χ1) is 3.81. The van der Waals surface area contributed by atoms with Crippen LogP contribution in [0.1, 0.15) is 6.92 Å². The van der Waals surface area contributed by atoms with E-state index in [1.165, 1.54) is 0 Å². The summed E-state index contributed by atoms with van der Waals surface area (Å²) in [4.78, 5) is 10.5. The van der Waals surface area contributed by atoms with Crippen LogP contribution in [0.3, 0.4) is 0 Å². The predicted molar refractivity (Wildman–Crippen MR) is 35.2 cm³/mol. The molecule has 0 bridgehead atoms. The predicted octanol–water partition coefficient (Wildman–Crippen LogP) is -1.35. The number of hydrogen-bond donors (Lipinski definition) is 1. The van der Waals surface area contributed by atoms with Crippen molar-refractivity contribution < 1.29 is 10.1 Å². The van der Waals surface area contributed by atoms with Crippen LogP contribution in [-0.4, -0.2) is 25.8 Å². The van der Waals surface area contributed by atoms with Gasteiger partial charge in [0.15, 0.2) is 0 Å². The van der Waals surface area contributed by atoms with Gasteiger partial charge in [-0.2, -0.15) is 0 Å². The van der Waals surface area contributed by atoms with Crippen molar-refractivity contribution in [3.05, 3.63) is 0 Å². The van der Waals surface area contributed by atoms with Crippen LogP contribution in [0.15, 0.2) is 0 Å². The summed E-state index contributed by atoms with van der Waals surface area (Å²) >= 11 is 0. The molecule has 0 aliphatic rings. The third kappa shape index (κ3) is 3.74. The molecule has 0 saturated heterocycles. The van der Waals surface area contributed by atoms with Gasteiger partial charge in [0.2, 0.25) is 0 Å². The molecule has 8 heavy (non-hydrogen) atoms. The quantitative estimate of drug-likeness (QED) is 0.450. The standard InChI is InChI=1S/C5H10BNO/c1-3-7-5(8)4-6-2/h2-4H2,1H3,(H,7,8)/p+1. The molecule has 0 radical (unpaired) electrons. The molecule has 0 aromatic rings. The first-order valence-electron chi connectivity index (χ1n) is 2.78. The molecule has 0 aromatic heterocycles. The third-order valence-corrected chi connectivity index (χ3v) is 0.777. The number of carbonyl (C=O) groups is 1. The van der Waals surface area contributed by atoms with Crippen LogP contribution in [0.2, 0.25) is 6.32 Å². The molecular formula is C5H11BNO+. The Morgan fingerprint density at radius 2 is 2.50 bits per heavy atom. The van der Waals surface area contributed by atoms with Gasteiger partial charge in [-0.1, -0.05) is 0 Å². The zero-order chi connectivity index (χ0) is 6.41. The fourth-order valence-electron chi connectivity index (χ4n) is 0.453. The van der Waals surface area contributed by atoms with Gasteiger partial charge in [-0.15, -0.1) is 0 Å².